The lowest BCUT2D eigenvalue weighted by molar-refractivity contribution is 0.848. The molecule has 1 aromatic carbocycles. The summed E-state index contributed by atoms with van der Waals surface area (Å²) in [5.41, 5.74) is 6.93. The third kappa shape index (κ3) is 2.42. The molecule has 2 aromatic rings. The molecule has 0 aliphatic rings. The first-order valence-corrected chi connectivity index (χ1v) is 7.04. The molecule has 0 fully saturated rings. The number of hydrogen-bond donors (Lipinski definition) is 0. The molecule has 0 spiro atoms. The number of aryl methyl sites for hydroxylation is 4. The van der Waals surface area contributed by atoms with Gasteiger partial charge in [-0.15, -0.1) is 0 Å². The highest BCUT2D eigenvalue weighted by molar-refractivity contribution is 6.30. The van der Waals surface area contributed by atoms with Gasteiger partial charge in [0.2, 0.25) is 0 Å². The number of nitrogens with zero attached hydrogens (tertiary/aromatic N) is 2. The van der Waals surface area contributed by atoms with E-state index in [9.17, 15) is 0 Å². The van der Waals surface area contributed by atoms with Crippen molar-refractivity contribution in [3.8, 4) is 5.69 Å². The molecule has 0 amide bonds. The molecule has 0 aliphatic carbocycles. The van der Waals surface area contributed by atoms with Crippen LogP contribution in [-0.4, -0.2) is 9.78 Å². The second-order valence-corrected chi connectivity index (χ2v) is 5.96. The Hall–Kier alpha value is -1.28. The van der Waals surface area contributed by atoms with Gasteiger partial charge in [-0.1, -0.05) is 43.1 Å². The van der Waals surface area contributed by atoms with Gasteiger partial charge in [-0.3, -0.25) is 0 Å². The van der Waals surface area contributed by atoms with Gasteiger partial charge in [0.25, 0.3) is 0 Å². The Kier molecular flexibility index (Phi) is 3.73. The van der Waals surface area contributed by atoms with Gasteiger partial charge >= 0.3 is 0 Å². The molecule has 0 radical (unpaired) electrons. The van der Waals surface area contributed by atoms with Gasteiger partial charge in [0.15, 0.2) is 0 Å². The first-order valence-electron chi connectivity index (χ1n) is 6.66. The van der Waals surface area contributed by atoms with E-state index in [4.69, 9.17) is 11.6 Å². The van der Waals surface area contributed by atoms with Crippen LogP contribution in [0.2, 0.25) is 5.15 Å². The van der Waals surface area contributed by atoms with Crippen molar-refractivity contribution in [1.29, 1.82) is 0 Å². The number of halogens is 1. The van der Waals surface area contributed by atoms with E-state index in [1.165, 1.54) is 16.7 Å². The van der Waals surface area contributed by atoms with Crippen molar-refractivity contribution < 1.29 is 0 Å². The van der Waals surface area contributed by atoms with Gasteiger partial charge in [0, 0.05) is 5.56 Å². The molecule has 102 valence electrons. The Morgan fingerprint density at radius 3 is 2.00 bits per heavy atom. The monoisotopic (exact) mass is 276 g/mol. The van der Waals surface area contributed by atoms with Crippen molar-refractivity contribution >= 4 is 11.6 Å². The Morgan fingerprint density at radius 1 is 1.05 bits per heavy atom. The maximum Gasteiger partial charge on any atom is 0.136 e. The summed E-state index contributed by atoms with van der Waals surface area (Å²) >= 11 is 6.54. The summed E-state index contributed by atoms with van der Waals surface area (Å²) in [7, 11) is 0. The van der Waals surface area contributed by atoms with Crippen LogP contribution in [0.1, 0.15) is 47.7 Å². The third-order valence-electron chi connectivity index (χ3n) is 3.47. The van der Waals surface area contributed by atoms with Crippen LogP contribution >= 0.6 is 11.6 Å². The molecule has 0 N–H and O–H groups in total. The van der Waals surface area contributed by atoms with Crippen molar-refractivity contribution in [2.45, 2.75) is 47.5 Å². The minimum atomic E-state index is 0.382. The van der Waals surface area contributed by atoms with Gasteiger partial charge in [-0.25, -0.2) is 4.68 Å². The Bertz CT molecular complexity index is 601. The predicted octanol–water partition coefficient (Wildman–Crippen LogP) is 4.88. The summed E-state index contributed by atoms with van der Waals surface area (Å²) in [6.45, 7) is 12.6. The topological polar surface area (TPSA) is 17.8 Å². The molecule has 1 heterocycles. The second-order valence-electron chi connectivity index (χ2n) is 5.60. The van der Waals surface area contributed by atoms with E-state index < -0.39 is 0 Å². The van der Waals surface area contributed by atoms with Crippen molar-refractivity contribution in [3.63, 3.8) is 0 Å². The van der Waals surface area contributed by atoms with Crippen LogP contribution in [0.15, 0.2) is 12.1 Å². The van der Waals surface area contributed by atoms with E-state index in [1.54, 1.807) is 0 Å². The van der Waals surface area contributed by atoms with E-state index in [2.05, 4.69) is 51.9 Å². The minimum absolute atomic E-state index is 0.382. The molecule has 0 saturated carbocycles. The average Bonchev–Trinajstić information content (AvgIpc) is 2.52. The van der Waals surface area contributed by atoms with Crippen LogP contribution in [0.5, 0.6) is 0 Å². The second kappa shape index (κ2) is 5.01. The summed E-state index contributed by atoms with van der Waals surface area (Å²) in [6.07, 6.45) is 0. The maximum atomic E-state index is 6.54. The van der Waals surface area contributed by atoms with Gasteiger partial charge in [-0.2, -0.15) is 5.10 Å². The predicted molar refractivity (Wildman–Crippen MR) is 81.6 cm³/mol. The number of benzene rings is 1. The molecular formula is C16H21ClN2. The molecule has 1 aromatic heterocycles. The van der Waals surface area contributed by atoms with Crippen molar-refractivity contribution in [1.82, 2.24) is 9.78 Å². The third-order valence-corrected chi connectivity index (χ3v) is 3.84. The number of hydrogen-bond acceptors (Lipinski definition) is 1. The first kappa shape index (κ1) is 14.1. The summed E-state index contributed by atoms with van der Waals surface area (Å²) in [4.78, 5) is 0. The molecular weight excluding hydrogens is 256 g/mol. The quantitative estimate of drug-likeness (QED) is 0.764. The van der Waals surface area contributed by atoms with Gasteiger partial charge in [-0.05, 0) is 44.7 Å². The highest BCUT2D eigenvalue weighted by Gasteiger charge is 2.19. The summed E-state index contributed by atoms with van der Waals surface area (Å²) in [5, 5.41) is 5.38. The van der Waals surface area contributed by atoms with Crippen LogP contribution in [0, 0.1) is 27.7 Å². The Morgan fingerprint density at radius 2 is 1.58 bits per heavy atom. The average molecular weight is 277 g/mol. The van der Waals surface area contributed by atoms with Gasteiger partial charge in [0.1, 0.15) is 5.15 Å². The Labute approximate surface area is 120 Å². The highest BCUT2D eigenvalue weighted by atomic mass is 35.5. The summed E-state index contributed by atoms with van der Waals surface area (Å²) in [6, 6.07) is 4.34. The molecule has 0 bridgehead atoms. The molecule has 0 aliphatic heterocycles. The van der Waals surface area contributed by atoms with Crippen molar-refractivity contribution in [2.75, 3.05) is 0 Å². The molecule has 0 saturated heterocycles. The smallest absolute Gasteiger partial charge is 0.136 e. The fourth-order valence-corrected chi connectivity index (χ4v) is 3.30. The van der Waals surface area contributed by atoms with E-state index in [0.717, 1.165) is 22.1 Å². The van der Waals surface area contributed by atoms with E-state index in [-0.39, 0.29) is 0 Å². The SMILES string of the molecule is Cc1cc(C)c(-n2nc(C)c(C(C)C)c2Cl)c(C)c1. The molecule has 19 heavy (non-hydrogen) atoms. The van der Waals surface area contributed by atoms with Crippen LogP contribution in [-0.2, 0) is 0 Å². The van der Waals surface area contributed by atoms with Crippen LogP contribution in [0.4, 0.5) is 0 Å². The fraction of sp³-hybridized carbons (Fsp3) is 0.438. The zero-order valence-corrected chi connectivity index (χ0v) is 13.3. The van der Waals surface area contributed by atoms with Crippen LogP contribution in [0.3, 0.4) is 0 Å². The van der Waals surface area contributed by atoms with E-state index >= 15 is 0 Å². The van der Waals surface area contributed by atoms with Gasteiger partial charge in [0.05, 0.1) is 11.4 Å². The Balaban J connectivity index is 2.70. The summed E-state index contributed by atoms with van der Waals surface area (Å²) in [5.74, 6) is 0.382. The molecule has 3 heteroatoms. The molecule has 0 atom stereocenters. The normalized spacial score (nSPS) is 11.4. The van der Waals surface area contributed by atoms with Crippen molar-refractivity contribution in [3.05, 3.63) is 45.2 Å². The van der Waals surface area contributed by atoms with Crippen molar-refractivity contribution in [2.24, 2.45) is 0 Å². The zero-order valence-electron chi connectivity index (χ0n) is 12.5. The fourth-order valence-electron chi connectivity index (χ4n) is 2.82. The molecule has 2 nitrogen and oxygen atoms in total. The lowest BCUT2D eigenvalue weighted by atomic mass is 10.0. The van der Waals surface area contributed by atoms with E-state index in [0.29, 0.717) is 5.92 Å². The lowest BCUT2D eigenvalue weighted by Crippen LogP contribution is -2.03. The largest absolute Gasteiger partial charge is 0.221 e. The maximum absolute atomic E-state index is 6.54. The number of rotatable bonds is 2. The summed E-state index contributed by atoms with van der Waals surface area (Å²) < 4.78 is 1.89. The molecule has 0 unspecified atom stereocenters. The standard InChI is InChI=1S/C16H21ClN2/c1-9(2)14-13(6)18-19(16(14)17)15-11(4)7-10(3)8-12(15)5/h7-9H,1-6H3. The number of aromatic nitrogens is 2. The van der Waals surface area contributed by atoms with Gasteiger partial charge < -0.3 is 0 Å². The lowest BCUT2D eigenvalue weighted by Gasteiger charge is -2.13. The van der Waals surface area contributed by atoms with E-state index in [1.807, 2.05) is 11.6 Å². The highest BCUT2D eigenvalue weighted by Crippen LogP contribution is 2.31. The van der Waals surface area contributed by atoms with Crippen LogP contribution in [0.25, 0.3) is 5.69 Å². The van der Waals surface area contributed by atoms with Crippen LogP contribution < -0.4 is 0 Å². The zero-order chi connectivity index (χ0) is 14.3. The first-order chi connectivity index (χ1) is 8.82. The minimum Gasteiger partial charge on any atom is -0.221 e. The molecule has 2 rings (SSSR count).